The van der Waals surface area contributed by atoms with Crippen LogP contribution in [0.25, 0.3) is 0 Å². The van der Waals surface area contributed by atoms with E-state index in [1.54, 1.807) is 7.11 Å². The van der Waals surface area contributed by atoms with Crippen LogP contribution in [0.3, 0.4) is 0 Å². The minimum absolute atomic E-state index is 0.923. The van der Waals surface area contributed by atoms with Gasteiger partial charge in [0.05, 0.1) is 0 Å². The van der Waals surface area contributed by atoms with Crippen molar-refractivity contribution in [1.29, 1.82) is 0 Å². The summed E-state index contributed by atoms with van der Waals surface area (Å²) in [6.45, 7) is 0.942. The zero-order valence-corrected chi connectivity index (χ0v) is 7.83. The third kappa shape index (κ3) is 1.56. The average Bonchev–Trinajstić information content (AvgIpc) is 2.65. The summed E-state index contributed by atoms with van der Waals surface area (Å²) in [5.41, 5.74) is 0. The molecule has 12 heavy (non-hydrogen) atoms. The van der Waals surface area contributed by atoms with Gasteiger partial charge in [-0.3, -0.25) is 0 Å². The fraction of sp³-hybridized carbons (Fsp3) is 0.818. The van der Waals surface area contributed by atoms with Crippen LogP contribution in [0, 0.1) is 17.8 Å². The molecule has 2 aliphatic rings. The van der Waals surface area contributed by atoms with E-state index in [-0.39, 0.29) is 0 Å². The van der Waals surface area contributed by atoms with Crippen LogP contribution < -0.4 is 0 Å². The van der Waals surface area contributed by atoms with E-state index in [2.05, 4.69) is 12.2 Å². The SMILES string of the molecule is COCCCC1CC2C=CC1C2. The Labute approximate surface area is 74.8 Å². The molecule has 0 heterocycles. The maximum atomic E-state index is 5.06. The van der Waals surface area contributed by atoms with Crippen LogP contribution in [-0.4, -0.2) is 13.7 Å². The first-order chi connectivity index (χ1) is 5.90. The molecular formula is C11H18O. The smallest absolute Gasteiger partial charge is 0.0462 e. The number of methoxy groups -OCH3 is 1. The van der Waals surface area contributed by atoms with E-state index in [1.165, 1.54) is 25.7 Å². The number of rotatable bonds is 4. The molecule has 1 nitrogen and oxygen atoms in total. The van der Waals surface area contributed by atoms with Gasteiger partial charge >= 0.3 is 0 Å². The molecule has 0 N–H and O–H groups in total. The van der Waals surface area contributed by atoms with E-state index in [1.807, 2.05) is 0 Å². The minimum atomic E-state index is 0.923. The Morgan fingerprint density at radius 3 is 2.83 bits per heavy atom. The average molecular weight is 166 g/mol. The van der Waals surface area contributed by atoms with Crippen LogP contribution in [0.2, 0.25) is 0 Å². The lowest BCUT2D eigenvalue weighted by Crippen LogP contribution is -2.07. The number of ether oxygens (including phenoxy) is 1. The van der Waals surface area contributed by atoms with Gasteiger partial charge in [0, 0.05) is 13.7 Å². The largest absolute Gasteiger partial charge is 0.385 e. The van der Waals surface area contributed by atoms with Crippen molar-refractivity contribution >= 4 is 0 Å². The van der Waals surface area contributed by atoms with Crippen molar-refractivity contribution in [3.8, 4) is 0 Å². The normalized spacial score (nSPS) is 37.9. The van der Waals surface area contributed by atoms with Gasteiger partial charge in [0.25, 0.3) is 0 Å². The van der Waals surface area contributed by atoms with Crippen LogP contribution in [0.5, 0.6) is 0 Å². The van der Waals surface area contributed by atoms with Gasteiger partial charge in [-0.25, -0.2) is 0 Å². The molecule has 2 rings (SSSR count). The Morgan fingerprint density at radius 1 is 1.33 bits per heavy atom. The summed E-state index contributed by atoms with van der Waals surface area (Å²) in [7, 11) is 1.79. The Bertz CT molecular complexity index is 174. The van der Waals surface area contributed by atoms with Crippen LogP contribution in [0.4, 0.5) is 0 Å². The topological polar surface area (TPSA) is 9.23 Å². The van der Waals surface area contributed by atoms with Crippen molar-refractivity contribution in [3.63, 3.8) is 0 Å². The number of allylic oxidation sites excluding steroid dienone is 2. The van der Waals surface area contributed by atoms with Crippen molar-refractivity contribution < 1.29 is 4.74 Å². The summed E-state index contributed by atoms with van der Waals surface area (Å²) in [4.78, 5) is 0. The third-order valence-corrected chi connectivity index (χ3v) is 3.34. The molecule has 1 fully saturated rings. The molecule has 1 heteroatoms. The van der Waals surface area contributed by atoms with E-state index in [4.69, 9.17) is 4.74 Å². The van der Waals surface area contributed by atoms with Gasteiger partial charge in [0.2, 0.25) is 0 Å². The minimum Gasteiger partial charge on any atom is -0.385 e. The van der Waals surface area contributed by atoms with Crippen molar-refractivity contribution in [2.75, 3.05) is 13.7 Å². The van der Waals surface area contributed by atoms with Crippen molar-refractivity contribution in [2.45, 2.75) is 25.7 Å². The molecule has 0 amide bonds. The predicted molar refractivity (Wildman–Crippen MR) is 50.0 cm³/mol. The lowest BCUT2D eigenvalue weighted by Gasteiger charge is -2.17. The zero-order valence-electron chi connectivity index (χ0n) is 7.83. The monoisotopic (exact) mass is 166 g/mol. The van der Waals surface area contributed by atoms with E-state index >= 15 is 0 Å². The highest BCUT2D eigenvalue weighted by Crippen LogP contribution is 2.45. The van der Waals surface area contributed by atoms with Crippen molar-refractivity contribution in [1.82, 2.24) is 0 Å². The predicted octanol–water partition coefficient (Wildman–Crippen LogP) is 2.63. The van der Waals surface area contributed by atoms with Gasteiger partial charge in [-0.1, -0.05) is 12.2 Å². The fourth-order valence-corrected chi connectivity index (χ4v) is 2.72. The first-order valence-corrected chi connectivity index (χ1v) is 5.07. The highest BCUT2D eigenvalue weighted by molar-refractivity contribution is 5.09. The lowest BCUT2D eigenvalue weighted by molar-refractivity contribution is 0.184. The van der Waals surface area contributed by atoms with Crippen LogP contribution in [0.15, 0.2) is 12.2 Å². The molecule has 1 saturated carbocycles. The van der Waals surface area contributed by atoms with E-state index in [9.17, 15) is 0 Å². The van der Waals surface area contributed by atoms with Gasteiger partial charge in [-0.2, -0.15) is 0 Å². The highest BCUT2D eigenvalue weighted by Gasteiger charge is 2.34. The number of hydrogen-bond acceptors (Lipinski definition) is 1. The zero-order chi connectivity index (χ0) is 8.39. The second kappa shape index (κ2) is 3.61. The van der Waals surface area contributed by atoms with Crippen molar-refractivity contribution in [2.24, 2.45) is 17.8 Å². The first kappa shape index (κ1) is 8.31. The Balaban J connectivity index is 1.73. The molecule has 0 aliphatic heterocycles. The number of fused-ring (bicyclic) bond motifs is 2. The molecule has 2 bridgehead atoms. The van der Waals surface area contributed by atoms with Crippen LogP contribution >= 0.6 is 0 Å². The van der Waals surface area contributed by atoms with Gasteiger partial charge in [0.15, 0.2) is 0 Å². The maximum Gasteiger partial charge on any atom is 0.0462 e. The van der Waals surface area contributed by atoms with Crippen LogP contribution in [0.1, 0.15) is 25.7 Å². The quantitative estimate of drug-likeness (QED) is 0.461. The van der Waals surface area contributed by atoms with Crippen molar-refractivity contribution in [3.05, 3.63) is 12.2 Å². The van der Waals surface area contributed by atoms with Gasteiger partial charge in [-0.05, 0) is 43.4 Å². The Morgan fingerprint density at radius 2 is 2.25 bits per heavy atom. The Kier molecular flexibility index (Phi) is 2.50. The number of hydrogen-bond donors (Lipinski definition) is 0. The van der Waals surface area contributed by atoms with E-state index < -0.39 is 0 Å². The highest BCUT2D eigenvalue weighted by atomic mass is 16.5. The van der Waals surface area contributed by atoms with Crippen LogP contribution in [-0.2, 0) is 4.74 Å². The summed E-state index contributed by atoms with van der Waals surface area (Å²) >= 11 is 0. The standard InChI is InChI=1S/C11H18O/c1-12-6-2-3-10-7-9-4-5-11(10)8-9/h4-5,9-11H,2-3,6-8H2,1H3. The molecule has 0 spiro atoms. The molecule has 0 aromatic heterocycles. The second-order valence-electron chi connectivity index (χ2n) is 4.18. The second-order valence-corrected chi connectivity index (χ2v) is 4.18. The first-order valence-electron chi connectivity index (χ1n) is 5.07. The van der Waals surface area contributed by atoms with E-state index in [0.29, 0.717) is 0 Å². The summed E-state index contributed by atoms with van der Waals surface area (Å²) in [6, 6.07) is 0. The summed E-state index contributed by atoms with van der Waals surface area (Å²) in [5, 5.41) is 0. The van der Waals surface area contributed by atoms with Gasteiger partial charge in [-0.15, -0.1) is 0 Å². The molecule has 0 aromatic rings. The molecule has 68 valence electrons. The molecule has 2 aliphatic carbocycles. The molecule has 0 radical (unpaired) electrons. The fourth-order valence-electron chi connectivity index (χ4n) is 2.72. The molecular weight excluding hydrogens is 148 g/mol. The lowest BCUT2D eigenvalue weighted by atomic mass is 9.90. The van der Waals surface area contributed by atoms with E-state index in [0.717, 1.165) is 24.4 Å². The molecule has 0 saturated heterocycles. The summed E-state index contributed by atoms with van der Waals surface area (Å²) < 4.78 is 5.06. The molecule has 3 atom stereocenters. The maximum absolute atomic E-state index is 5.06. The molecule has 3 unspecified atom stereocenters. The summed E-state index contributed by atoms with van der Waals surface area (Å²) in [5.74, 6) is 2.84. The van der Waals surface area contributed by atoms with Gasteiger partial charge in [0.1, 0.15) is 0 Å². The Hall–Kier alpha value is -0.300. The van der Waals surface area contributed by atoms with Gasteiger partial charge < -0.3 is 4.74 Å². The third-order valence-electron chi connectivity index (χ3n) is 3.34. The molecule has 0 aromatic carbocycles. The summed E-state index contributed by atoms with van der Waals surface area (Å²) in [6.07, 6.45) is 10.4.